The molecule has 1 N–H and O–H groups in total. The highest BCUT2D eigenvalue weighted by atomic mass is 35.5. The van der Waals surface area contributed by atoms with E-state index < -0.39 is 29.0 Å². The van der Waals surface area contributed by atoms with Crippen LogP contribution in [-0.4, -0.2) is 36.1 Å². The molecule has 0 unspecified atom stereocenters. The van der Waals surface area contributed by atoms with Crippen LogP contribution in [0.3, 0.4) is 0 Å². The second-order valence-electron chi connectivity index (χ2n) is 5.61. The summed E-state index contributed by atoms with van der Waals surface area (Å²) >= 11 is 7.37. The molecule has 0 fully saturated rings. The Morgan fingerprint density at radius 2 is 1.81 bits per heavy atom. The standard InChI is InChI=1S/C18H16ClF3N2O2S/c1-24(16(26)10-27-9-11-4-2-3-5-12(11)19)8-15(25)23-14-7-6-13(20)17(21)18(14)22/h2-7H,8-10H2,1H3,(H,23,25). The van der Waals surface area contributed by atoms with Gasteiger partial charge in [0.05, 0.1) is 18.0 Å². The minimum Gasteiger partial charge on any atom is -0.336 e. The number of halogens is 4. The number of hydrogen-bond acceptors (Lipinski definition) is 3. The third-order valence-corrected chi connectivity index (χ3v) is 4.89. The number of nitrogens with zero attached hydrogens (tertiary/aromatic N) is 1. The minimum absolute atomic E-state index is 0.120. The van der Waals surface area contributed by atoms with Gasteiger partial charge in [-0.3, -0.25) is 9.59 Å². The van der Waals surface area contributed by atoms with E-state index in [4.69, 9.17) is 11.6 Å². The predicted molar refractivity (Wildman–Crippen MR) is 100 cm³/mol. The zero-order valence-corrected chi connectivity index (χ0v) is 15.8. The number of benzene rings is 2. The molecule has 0 heterocycles. The Bertz CT molecular complexity index is 851. The van der Waals surface area contributed by atoms with Gasteiger partial charge in [0.25, 0.3) is 0 Å². The molecule has 27 heavy (non-hydrogen) atoms. The number of carbonyl (C=O) groups excluding carboxylic acids is 2. The van der Waals surface area contributed by atoms with E-state index in [0.29, 0.717) is 16.8 Å². The molecule has 0 aliphatic carbocycles. The Labute approximate surface area is 163 Å². The highest BCUT2D eigenvalue weighted by molar-refractivity contribution is 7.99. The van der Waals surface area contributed by atoms with Crippen LogP contribution in [0.2, 0.25) is 5.02 Å². The fraction of sp³-hybridized carbons (Fsp3) is 0.222. The van der Waals surface area contributed by atoms with E-state index in [1.54, 1.807) is 6.07 Å². The molecular formula is C18H16ClF3N2O2S. The van der Waals surface area contributed by atoms with Gasteiger partial charge in [-0.1, -0.05) is 29.8 Å². The lowest BCUT2D eigenvalue weighted by atomic mass is 10.2. The Hall–Kier alpha value is -2.19. The number of nitrogens with one attached hydrogen (secondary N) is 1. The number of rotatable bonds is 7. The zero-order valence-electron chi connectivity index (χ0n) is 14.3. The second kappa shape index (κ2) is 9.66. The summed E-state index contributed by atoms with van der Waals surface area (Å²) in [5.74, 6) is -4.91. The number of likely N-dealkylation sites (N-methyl/N-ethyl adjacent to an activating group) is 1. The van der Waals surface area contributed by atoms with Crippen molar-refractivity contribution in [1.29, 1.82) is 0 Å². The highest BCUT2D eigenvalue weighted by Crippen LogP contribution is 2.21. The molecule has 9 heteroatoms. The molecule has 2 amide bonds. The van der Waals surface area contributed by atoms with Crippen LogP contribution in [0.15, 0.2) is 36.4 Å². The van der Waals surface area contributed by atoms with Gasteiger partial charge in [0, 0.05) is 17.8 Å². The van der Waals surface area contributed by atoms with Gasteiger partial charge in [-0.25, -0.2) is 13.2 Å². The van der Waals surface area contributed by atoms with Crippen LogP contribution in [0.1, 0.15) is 5.56 Å². The largest absolute Gasteiger partial charge is 0.336 e. The summed E-state index contributed by atoms with van der Waals surface area (Å²) in [6.07, 6.45) is 0. The summed E-state index contributed by atoms with van der Waals surface area (Å²) in [5, 5.41) is 2.72. The fourth-order valence-electron chi connectivity index (χ4n) is 2.09. The first kappa shape index (κ1) is 21.1. The van der Waals surface area contributed by atoms with Crippen molar-refractivity contribution in [3.8, 4) is 0 Å². The van der Waals surface area contributed by atoms with E-state index in [1.807, 2.05) is 18.2 Å². The molecule has 0 bridgehead atoms. The molecule has 2 aromatic rings. The molecule has 0 aliphatic heterocycles. The molecule has 0 saturated heterocycles. The van der Waals surface area contributed by atoms with E-state index in [9.17, 15) is 22.8 Å². The van der Waals surface area contributed by atoms with Gasteiger partial charge in [-0.2, -0.15) is 0 Å². The van der Waals surface area contributed by atoms with Crippen molar-refractivity contribution in [2.24, 2.45) is 0 Å². The van der Waals surface area contributed by atoms with Crippen LogP contribution >= 0.6 is 23.4 Å². The SMILES string of the molecule is CN(CC(=O)Nc1ccc(F)c(F)c1F)C(=O)CSCc1ccccc1Cl. The average molecular weight is 417 g/mol. The lowest BCUT2D eigenvalue weighted by Crippen LogP contribution is -2.36. The van der Waals surface area contributed by atoms with Gasteiger partial charge >= 0.3 is 0 Å². The summed E-state index contributed by atoms with van der Waals surface area (Å²) in [5.41, 5.74) is 0.402. The summed E-state index contributed by atoms with van der Waals surface area (Å²) in [6.45, 7) is -0.357. The molecule has 2 aromatic carbocycles. The first-order valence-electron chi connectivity index (χ1n) is 7.78. The van der Waals surface area contributed by atoms with Crippen LogP contribution in [0.4, 0.5) is 18.9 Å². The molecular weight excluding hydrogens is 401 g/mol. The second-order valence-corrected chi connectivity index (χ2v) is 7.00. The molecule has 0 aliphatic rings. The van der Waals surface area contributed by atoms with E-state index >= 15 is 0 Å². The molecule has 0 atom stereocenters. The maximum absolute atomic E-state index is 13.6. The molecule has 0 saturated carbocycles. The van der Waals surface area contributed by atoms with E-state index in [-0.39, 0.29) is 18.2 Å². The Morgan fingerprint density at radius 3 is 2.52 bits per heavy atom. The quantitative estimate of drug-likeness (QED) is 0.692. The van der Waals surface area contributed by atoms with Gasteiger partial charge in [0.1, 0.15) is 0 Å². The Morgan fingerprint density at radius 1 is 1.11 bits per heavy atom. The maximum atomic E-state index is 13.6. The minimum atomic E-state index is -1.67. The molecule has 4 nitrogen and oxygen atoms in total. The van der Waals surface area contributed by atoms with Crippen molar-refractivity contribution >= 4 is 40.9 Å². The van der Waals surface area contributed by atoms with Gasteiger partial charge in [-0.05, 0) is 23.8 Å². The molecule has 0 spiro atoms. The third kappa shape index (κ3) is 5.90. The van der Waals surface area contributed by atoms with Crippen molar-refractivity contribution < 1.29 is 22.8 Å². The number of carbonyl (C=O) groups is 2. The van der Waals surface area contributed by atoms with Gasteiger partial charge in [0.2, 0.25) is 11.8 Å². The van der Waals surface area contributed by atoms with Gasteiger partial charge < -0.3 is 10.2 Å². The van der Waals surface area contributed by atoms with Crippen LogP contribution in [0.25, 0.3) is 0 Å². The topological polar surface area (TPSA) is 49.4 Å². The van der Waals surface area contributed by atoms with E-state index in [2.05, 4.69) is 5.32 Å². The van der Waals surface area contributed by atoms with Gasteiger partial charge in [0.15, 0.2) is 17.5 Å². The van der Waals surface area contributed by atoms with Gasteiger partial charge in [-0.15, -0.1) is 11.8 Å². The molecule has 0 aromatic heterocycles. The van der Waals surface area contributed by atoms with Crippen molar-refractivity contribution in [2.45, 2.75) is 5.75 Å². The van der Waals surface area contributed by atoms with Crippen LogP contribution in [0.5, 0.6) is 0 Å². The van der Waals surface area contributed by atoms with Crippen LogP contribution in [-0.2, 0) is 15.3 Å². The Kier molecular flexibility index (Phi) is 7.55. The molecule has 144 valence electrons. The lowest BCUT2D eigenvalue weighted by molar-refractivity contribution is -0.131. The number of anilines is 1. The van der Waals surface area contributed by atoms with Crippen molar-refractivity contribution in [2.75, 3.05) is 24.7 Å². The van der Waals surface area contributed by atoms with Crippen molar-refractivity contribution in [3.05, 3.63) is 64.4 Å². The smallest absolute Gasteiger partial charge is 0.244 e. The number of hydrogen-bond donors (Lipinski definition) is 1. The molecule has 2 rings (SSSR count). The summed E-state index contributed by atoms with van der Waals surface area (Å²) in [4.78, 5) is 25.1. The van der Waals surface area contributed by atoms with Crippen molar-refractivity contribution in [3.63, 3.8) is 0 Å². The zero-order chi connectivity index (χ0) is 20.0. The maximum Gasteiger partial charge on any atom is 0.244 e. The van der Waals surface area contributed by atoms with Crippen LogP contribution < -0.4 is 5.32 Å². The molecule has 0 radical (unpaired) electrons. The normalized spacial score (nSPS) is 10.6. The average Bonchev–Trinajstić information content (AvgIpc) is 2.63. The first-order valence-corrected chi connectivity index (χ1v) is 9.31. The van der Waals surface area contributed by atoms with Crippen LogP contribution in [0, 0.1) is 17.5 Å². The van der Waals surface area contributed by atoms with E-state index in [0.717, 1.165) is 16.5 Å². The fourth-order valence-corrected chi connectivity index (χ4v) is 3.34. The monoisotopic (exact) mass is 416 g/mol. The van der Waals surface area contributed by atoms with E-state index in [1.165, 1.54) is 18.8 Å². The summed E-state index contributed by atoms with van der Waals surface area (Å²) in [6, 6.07) is 8.88. The lowest BCUT2D eigenvalue weighted by Gasteiger charge is -2.17. The first-order chi connectivity index (χ1) is 12.8. The third-order valence-electron chi connectivity index (χ3n) is 3.56. The number of thioether (sulfide) groups is 1. The summed E-state index contributed by atoms with van der Waals surface area (Å²) in [7, 11) is 1.42. The number of amides is 2. The Balaban J connectivity index is 1.82. The predicted octanol–water partition coefficient (Wildman–Crippen LogP) is 4.09. The summed E-state index contributed by atoms with van der Waals surface area (Å²) < 4.78 is 39.6. The van der Waals surface area contributed by atoms with Crippen molar-refractivity contribution in [1.82, 2.24) is 4.90 Å². The highest BCUT2D eigenvalue weighted by Gasteiger charge is 2.17.